The van der Waals surface area contributed by atoms with Gasteiger partial charge in [-0.15, -0.1) is 0 Å². The fourth-order valence-electron chi connectivity index (χ4n) is 4.00. The van der Waals surface area contributed by atoms with Crippen LogP contribution >= 0.6 is 11.6 Å². The number of nitrogens with zero attached hydrogens (tertiary/aromatic N) is 2. The minimum atomic E-state index is -4.09. The highest BCUT2D eigenvalue weighted by atomic mass is 35.5. The maximum Gasteiger partial charge on any atom is 0.264 e. The highest BCUT2D eigenvalue weighted by Crippen LogP contribution is 2.28. The monoisotopic (exact) mass is 541 g/mol. The van der Waals surface area contributed by atoms with Gasteiger partial charge in [0.1, 0.15) is 12.6 Å². The van der Waals surface area contributed by atoms with E-state index >= 15 is 0 Å². The van der Waals surface area contributed by atoms with Gasteiger partial charge in [-0.05, 0) is 55.7 Å². The van der Waals surface area contributed by atoms with Crippen LogP contribution in [0.2, 0.25) is 5.02 Å². The molecular weight excluding hydrogens is 510 g/mol. The van der Waals surface area contributed by atoms with Gasteiger partial charge in [0.05, 0.1) is 10.6 Å². The van der Waals surface area contributed by atoms with Crippen LogP contribution in [0.3, 0.4) is 0 Å². The molecule has 0 bridgehead atoms. The highest BCUT2D eigenvalue weighted by molar-refractivity contribution is 7.92. The number of likely N-dealkylation sites (N-methyl/N-ethyl adjacent to an activating group) is 1. The molecule has 3 aromatic carbocycles. The van der Waals surface area contributed by atoms with E-state index in [0.29, 0.717) is 29.2 Å². The largest absolute Gasteiger partial charge is 0.355 e. The van der Waals surface area contributed by atoms with Crippen LogP contribution in [0.25, 0.3) is 0 Å². The van der Waals surface area contributed by atoms with Crippen LogP contribution in [-0.2, 0) is 32.6 Å². The molecule has 0 heterocycles. The van der Waals surface area contributed by atoms with E-state index in [1.165, 1.54) is 17.0 Å². The van der Waals surface area contributed by atoms with Crippen LogP contribution in [0.15, 0.2) is 83.8 Å². The second-order valence-electron chi connectivity index (χ2n) is 8.49. The average Bonchev–Trinajstić information content (AvgIpc) is 2.91. The first kappa shape index (κ1) is 28.2. The lowest BCUT2D eigenvalue weighted by molar-refractivity contribution is -0.139. The third-order valence-electron chi connectivity index (χ3n) is 6.07. The van der Waals surface area contributed by atoms with E-state index in [1.54, 1.807) is 68.4 Å². The molecule has 0 saturated heterocycles. The van der Waals surface area contributed by atoms with Gasteiger partial charge in [-0.3, -0.25) is 13.9 Å². The maximum atomic E-state index is 13.9. The molecule has 196 valence electrons. The standard InChI is InChI=1S/C28H32ClN3O4S/c1-4-22-13-10-12-18-26(22)32(37(35,36)24-15-7-6-8-16-24)20-27(33)31(21(3)28(34)30-5-2)19-23-14-9-11-17-25(23)29/h6-18,21H,4-5,19-20H2,1-3H3,(H,30,34)/t21-/m1/s1. The molecule has 0 aliphatic heterocycles. The van der Waals surface area contributed by atoms with Gasteiger partial charge in [0, 0.05) is 18.1 Å². The van der Waals surface area contributed by atoms with E-state index in [2.05, 4.69) is 5.32 Å². The summed E-state index contributed by atoms with van der Waals surface area (Å²) in [6.45, 7) is 5.30. The third-order valence-corrected chi connectivity index (χ3v) is 8.21. The van der Waals surface area contributed by atoms with Gasteiger partial charge in [0.2, 0.25) is 11.8 Å². The third kappa shape index (κ3) is 6.70. The Balaban J connectivity index is 2.07. The van der Waals surface area contributed by atoms with E-state index < -0.39 is 28.5 Å². The molecule has 1 N–H and O–H groups in total. The van der Waals surface area contributed by atoms with Gasteiger partial charge in [0.15, 0.2) is 0 Å². The summed E-state index contributed by atoms with van der Waals surface area (Å²) in [5, 5.41) is 3.20. The van der Waals surface area contributed by atoms with Crippen LogP contribution in [0.4, 0.5) is 5.69 Å². The van der Waals surface area contributed by atoms with E-state index in [-0.39, 0.29) is 17.3 Å². The summed E-state index contributed by atoms with van der Waals surface area (Å²) in [6, 6.07) is 21.3. The summed E-state index contributed by atoms with van der Waals surface area (Å²) < 4.78 is 28.8. The van der Waals surface area contributed by atoms with Crippen molar-refractivity contribution < 1.29 is 18.0 Å². The number of benzene rings is 3. The number of anilines is 1. The topological polar surface area (TPSA) is 86.8 Å². The fraction of sp³-hybridized carbons (Fsp3) is 0.286. The highest BCUT2D eigenvalue weighted by Gasteiger charge is 2.33. The van der Waals surface area contributed by atoms with Crippen LogP contribution in [0.5, 0.6) is 0 Å². The summed E-state index contributed by atoms with van der Waals surface area (Å²) in [5.74, 6) is -0.863. The predicted molar refractivity (Wildman–Crippen MR) is 147 cm³/mol. The van der Waals surface area contributed by atoms with Crippen LogP contribution in [0, 0.1) is 0 Å². The zero-order valence-corrected chi connectivity index (χ0v) is 22.8. The van der Waals surface area contributed by atoms with E-state index in [9.17, 15) is 18.0 Å². The number of rotatable bonds is 11. The van der Waals surface area contributed by atoms with Crippen molar-refractivity contribution in [1.29, 1.82) is 0 Å². The first-order chi connectivity index (χ1) is 17.7. The molecule has 3 aromatic rings. The van der Waals surface area contributed by atoms with Crippen molar-refractivity contribution in [3.63, 3.8) is 0 Å². The minimum Gasteiger partial charge on any atom is -0.355 e. The molecule has 0 fully saturated rings. The lowest BCUT2D eigenvalue weighted by Crippen LogP contribution is -2.51. The molecule has 0 radical (unpaired) electrons. The summed E-state index contributed by atoms with van der Waals surface area (Å²) in [5.41, 5.74) is 1.86. The number of carbonyl (C=O) groups excluding carboxylic acids is 2. The molecule has 0 spiro atoms. The Hall–Kier alpha value is -3.36. The van der Waals surface area contributed by atoms with Gasteiger partial charge in [-0.2, -0.15) is 0 Å². The summed E-state index contributed by atoms with van der Waals surface area (Å²) in [6.07, 6.45) is 0.573. The van der Waals surface area contributed by atoms with Gasteiger partial charge in [-0.1, -0.05) is 73.1 Å². The molecule has 9 heteroatoms. The number of hydrogen-bond donors (Lipinski definition) is 1. The number of halogens is 1. The van der Waals surface area contributed by atoms with Crippen molar-refractivity contribution in [3.8, 4) is 0 Å². The fourth-order valence-corrected chi connectivity index (χ4v) is 5.67. The van der Waals surface area contributed by atoms with Crippen LogP contribution in [-0.4, -0.2) is 44.3 Å². The predicted octanol–water partition coefficient (Wildman–Crippen LogP) is 4.65. The summed E-state index contributed by atoms with van der Waals surface area (Å²) in [7, 11) is -4.09. The van der Waals surface area contributed by atoms with Crippen molar-refractivity contribution in [2.24, 2.45) is 0 Å². The lowest BCUT2D eigenvalue weighted by Gasteiger charge is -2.32. The number of amides is 2. The number of nitrogens with one attached hydrogen (secondary N) is 1. The van der Waals surface area contributed by atoms with E-state index in [0.717, 1.165) is 9.87 Å². The number of carbonyl (C=O) groups is 2. The van der Waals surface area contributed by atoms with Gasteiger partial charge >= 0.3 is 0 Å². The van der Waals surface area contributed by atoms with Crippen LogP contribution in [0.1, 0.15) is 31.9 Å². The van der Waals surface area contributed by atoms with Crippen molar-refractivity contribution in [3.05, 3.63) is 95.0 Å². The molecule has 7 nitrogen and oxygen atoms in total. The second-order valence-corrected chi connectivity index (χ2v) is 10.8. The number of para-hydroxylation sites is 1. The summed E-state index contributed by atoms with van der Waals surface area (Å²) in [4.78, 5) is 28.1. The normalized spacial score (nSPS) is 12.0. The molecule has 0 unspecified atom stereocenters. The second kappa shape index (κ2) is 12.7. The van der Waals surface area contributed by atoms with Crippen molar-refractivity contribution in [1.82, 2.24) is 10.2 Å². The molecule has 3 rings (SSSR count). The Labute approximate surface area is 224 Å². The molecule has 0 aromatic heterocycles. The Morgan fingerprint density at radius 1 is 0.892 bits per heavy atom. The van der Waals surface area contributed by atoms with Crippen molar-refractivity contribution >= 4 is 39.1 Å². The van der Waals surface area contributed by atoms with E-state index in [1.807, 2.05) is 19.1 Å². The van der Waals surface area contributed by atoms with Crippen LogP contribution < -0.4 is 9.62 Å². The first-order valence-corrected chi connectivity index (χ1v) is 14.0. The number of aryl methyl sites for hydroxylation is 1. The first-order valence-electron chi connectivity index (χ1n) is 12.2. The average molecular weight is 542 g/mol. The zero-order valence-electron chi connectivity index (χ0n) is 21.2. The molecular formula is C28H32ClN3O4S. The smallest absolute Gasteiger partial charge is 0.264 e. The number of sulfonamides is 1. The Morgan fingerprint density at radius 3 is 2.11 bits per heavy atom. The van der Waals surface area contributed by atoms with E-state index in [4.69, 9.17) is 11.6 Å². The van der Waals surface area contributed by atoms with Gasteiger partial charge < -0.3 is 10.2 Å². The molecule has 0 aliphatic rings. The Morgan fingerprint density at radius 2 is 1.49 bits per heavy atom. The van der Waals surface area contributed by atoms with Gasteiger partial charge in [-0.25, -0.2) is 8.42 Å². The Bertz CT molecular complexity index is 1330. The molecule has 1 atom stereocenters. The summed E-state index contributed by atoms with van der Waals surface area (Å²) >= 11 is 6.37. The molecule has 2 amide bonds. The molecule has 37 heavy (non-hydrogen) atoms. The minimum absolute atomic E-state index is 0.0471. The van der Waals surface area contributed by atoms with Crippen molar-refractivity contribution in [2.75, 3.05) is 17.4 Å². The van der Waals surface area contributed by atoms with Crippen molar-refractivity contribution in [2.45, 2.75) is 44.7 Å². The lowest BCUT2D eigenvalue weighted by atomic mass is 10.1. The quantitative estimate of drug-likeness (QED) is 0.383. The maximum absolute atomic E-state index is 13.9. The number of hydrogen-bond acceptors (Lipinski definition) is 4. The zero-order chi connectivity index (χ0) is 27.0. The Kier molecular flexibility index (Phi) is 9.72. The molecule has 0 saturated carbocycles. The molecule has 0 aliphatic carbocycles. The SMILES string of the molecule is CCNC(=O)[C@@H](C)N(Cc1ccccc1Cl)C(=O)CN(c1ccccc1CC)S(=O)(=O)c1ccccc1. The van der Waals surface area contributed by atoms with Gasteiger partial charge in [0.25, 0.3) is 10.0 Å².